The molecule has 2 rings (SSSR count). The molecule has 1 aromatic carbocycles. The highest BCUT2D eigenvalue weighted by Crippen LogP contribution is 2.22. The molecule has 0 amide bonds. The average Bonchev–Trinajstić information content (AvgIpc) is 2.54. The summed E-state index contributed by atoms with van der Waals surface area (Å²) in [6.07, 6.45) is 0.964. The van der Waals surface area contributed by atoms with Crippen molar-refractivity contribution in [1.29, 1.82) is 0 Å². The van der Waals surface area contributed by atoms with Crippen molar-refractivity contribution < 1.29 is 9.15 Å². The monoisotopic (exact) mass is 210 g/mol. The number of ether oxygens (including phenoxy) is 1. The molecule has 0 spiro atoms. The van der Waals surface area contributed by atoms with Gasteiger partial charge >= 0.3 is 4.94 Å². The molecule has 0 fully saturated rings. The smallest absolute Gasteiger partial charge is 0.396 e. The minimum atomic E-state index is -0.271. The van der Waals surface area contributed by atoms with E-state index >= 15 is 0 Å². The van der Waals surface area contributed by atoms with Crippen LogP contribution in [0.3, 0.4) is 0 Å². The van der Waals surface area contributed by atoms with Crippen LogP contribution in [-0.2, 0) is 0 Å². The zero-order chi connectivity index (χ0) is 9.97. The Kier molecular flexibility index (Phi) is 2.54. The van der Waals surface area contributed by atoms with E-state index in [0.717, 1.165) is 28.2 Å². The highest BCUT2D eigenvalue weighted by atomic mass is 32.1. The first-order valence-electron chi connectivity index (χ1n) is 4.46. The number of fused-ring (bicyclic) bond motifs is 1. The van der Waals surface area contributed by atoms with Crippen LogP contribution < -0.4 is 9.68 Å². The van der Waals surface area contributed by atoms with Gasteiger partial charge in [-0.25, -0.2) is 4.79 Å². The lowest BCUT2D eigenvalue weighted by molar-refractivity contribution is 0.317. The van der Waals surface area contributed by atoms with Crippen molar-refractivity contribution in [2.75, 3.05) is 6.61 Å². The van der Waals surface area contributed by atoms with Gasteiger partial charge in [-0.15, -0.1) is 0 Å². The fraction of sp³-hybridized carbons (Fsp3) is 0.300. The molecule has 0 atom stereocenters. The van der Waals surface area contributed by atoms with E-state index in [2.05, 4.69) is 0 Å². The van der Waals surface area contributed by atoms with Gasteiger partial charge in [0.1, 0.15) is 5.75 Å². The van der Waals surface area contributed by atoms with Crippen LogP contribution in [0.1, 0.15) is 13.3 Å². The minimum Gasteiger partial charge on any atom is -0.493 e. The van der Waals surface area contributed by atoms with Crippen molar-refractivity contribution in [1.82, 2.24) is 0 Å². The van der Waals surface area contributed by atoms with E-state index in [-0.39, 0.29) is 4.94 Å². The van der Waals surface area contributed by atoms with Gasteiger partial charge in [-0.1, -0.05) is 18.3 Å². The van der Waals surface area contributed by atoms with Crippen LogP contribution in [0.4, 0.5) is 0 Å². The van der Waals surface area contributed by atoms with Gasteiger partial charge in [0.05, 0.1) is 11.3 Å². The predicted octanol–water partition coefficient (Wildman–Crippen LogP) is 2.64. The average molecular weight is 210 g/mol. The summed E-state index contributed by atoms with van der Waals surface area (Å²) in [5.41, 5.74) is 0.605. The van der Waals surface area contributed by atoms with Crippen LogP contribution in [0.15, 0.2) is 27.4 Å². The lowest BCUT2D eigenvalue weighted by Crippen LogP contribution is -1.93. The molecule has 0 bridgehead atoms. The molecule has 0 radical (unpaired) electrons. The van der Waals surface area contributed by atoms with Crippen molar-refractivity contribution in [3.8, 4) is 5.75 Å². The maximum absolute atomic E-state index is 10.9. The van der Waals surface area contributed by atoms with Crippen molar-refractivity contribution in [2.24, 2.45) is 0 Å². The molecule has 74 valence electrons. The lowest BCUT2D eigenvalue weighted by Gasteiger charge is -2.02. The first kappa shape index (κ1) is 9.27. The SMILES string of the molecule is CCCOc1ccc2sc(=O)oc2c1. The molecule has 4 heteroatoms. The first-order valence-corrected chi connectivity index (χ1v) is 5.28. The van der Waals surface area contributed by atoms with Gasteiger partial charge in [-0.05, 0) is 18.6 Å². The summed E-state index contributed by atoms with van der Waals surface area (Å²) < 4.78 is 11.2. The highest BCUT2D eigenvalue weighted by molar-refractivity contribution is 7.16. The van der Waals surface area contributed by atoms with E-state index in [4.69, 9.17) is 9.15 Å². The summed E-state index contributed by atoms with van der Waals surface area (Å²) in [5, 5.41) is 0. The normalized spacial score (nSPS) is 10.6. The predicted molar refractivity (Wildman–Crippen MR) is 56.1 cm³/mol. The Bertz CT molecular complexity index is 483. The van der Waals surface area contributed by atoms with Gasteiger partial charge in [-0.3, -0.25) is 0 Å². The topological polar surface area (TPSA) is 39.4 Å². The molecular formula is C10H10O3S. The summed E-state index contributed by atoms with van der Waals surface area (Å²) in [6.45, 7) is 2.73. The highest BCUT2D eigenvalue weighted by Gasteiger charge is 2.02. The molecule has 0 unspecified atom stereocenters. The van der Waals surface area contributed by atoms with E-state index in [0.29, 0.717) is 12.2 Å². The van der Waals surface area contributed by atoms with Crippen molar-refractivity contribution in [2.45, 2.75) is 13.3 Å². The minimum absolute atomic E-state index is 0.271. The van der Waals surface area contributed by atoms with Crippen LogP contribution in [-0.4, -0.2) is 6.61 Å². The van der Waals surface area contributed by atoms with Gasteiger partial charge in [-0.2, -0.15) is 0 Å². The molecule has 0 N–H and O–H groups in total. The van der Waals surface area contributed by atoms with Crippen LogP contribution in [0.2, 0.25) is 0 Å². The summed E-state index contributed by atoms with van der Waals surface area (Å²) in [6, 6.07) is 5.45. The maximum atomic E-state index is 10.9. The van der Waals surface area contributed by atoms with E-state index in [1.165, 1.54) is 0 Å². The van der Waals surface area contributed by atoms with Crippen LogP contribution in [0, 0.1) is 0 Å². The van der Waals surface area contributed by atoms with E-state index < -0.39 is 0 Å². The third kappa shape index (κ3) is 1.80. The fourth-order valence-corrected chi connectivity index (χ4v) is 1.81. The molecular weight excluding hydrogens is 200 g/mol. The largest absolute Gasteiger partial charge is 0.493 e. The van der Waals surface area contributed by atoms with Gasteiger partial charge < -0.3 is 9.15 Å². The molecule has 1 aromatic heterocycles. The number of hydrogen-bond donors (Lipinski definition) is 0. The molecule has 0 saturated heterocycles. The molecule has 0 aliphatic heterocycles. The Morgan fingerprint density at radius 3 is 3.14 bits per heavy atom. The van der Waals surface area contributed by atoms with Crippen molar-refractivity contribution in [3.05, 3.63) is 27.9 Å². The van der Waals surface area contributed by atoms with Crippen LogP contribution >= 0.6 is 11.3 Å². The Labute approximate surface area is 84.9 Å². The summed E-state index contributed by atoms with van der Waals surface area (Å²) >= 11 is 1.11. The fourth-order valence-electron chi connectivity index (χ4n) is 1.16. The van der Waals surface area contributed by atoms with Gasteiger partial charge in [0, 0.05) is 6.07 Å². The quantitative estimate of drug-likeness (QED) is 0.781. The zero-order valence-electron chi connectivity index (χ0n) is 7.78. The second kappa shape index (κ2) is 3.84. The molecule has 14 heavy (non-hydrogen) atoms. The van der Waals surface area contributed by atoms with Crippen molar-refractivity contribution >= 4 is 21.6 Å². The third-order valence-electron chi connectivity index (χ3n) is 1.77. The van der Waals surface area contributed by atoms with E-state index in [1.54, 1.807) is 6.07 Å². The summed E-state index contributed by atoms with van der Waals surface area (Å²) in [4.78, 5) is 10.7. The van der Waals surface area contributed by atoms with Crippen molar-refractivity contribution in [3.63, 3.8) is 0 Å². The zero-order valence-corrected chi connectivity index (χ0v) is 8.60. The van der Waals surface area contributed by atoms with Gasteiger partial charge in [0.15, 0.2) is 5.58 Å². The molecule has 2 aromatic rings. The molecule has 0 aliphatic carbocycles. The lowest BCUT2D eigenvalue weighted by atomic mass is 10.3. The van der Waals surface area contributed by atoms with E-state index in [1.807, 2.05) is 19.1 Å². The Balaban J connectivity index is 2.35. The molecule has 0 aliphatic rings. The summed E-state index contributed by atoms with van der Waals surface area (Å²) in [7, 11) is 0. The Hall–Kier alpha value is -1.29. The second-order valence-electron chi connectivity index (χ2n) is 2.91. The first-order chi connectivity index (χ1) is 6.79. The molecule has 0 saturated carbocycles. The molecule has 3 nitrogen and oxygen atoms in total. The standard InChI is InChI=1S/C10H10O3S/c1-2-5-12-7-3-4-9-8(6-7)13-10(11)14-9/h3-4,6H,2,5H2,1H3. The van der Waals surface area contributed by atoms with E-state index in [9.17, 15) is 4.79 Å². The molecule has 1 heterocycles. The third-order valence-corrected chi connectivity index (χ3v) is 2.58. The Morgan fingerprint density at radius 1 is 1.50 bits per heavy atom. The Morgan fingerprint density at radius 2 is 2.36 bits per heavy atom. The number of benzene rings is 1. The number of rotatable bonds is 3. The maximum Gasteiger partial charge on any atom is 0.396 e. The summed E-state index contributed by atoms with van der Waals surface area (Å²) in [5.74, 6) is 0.751. The van der Waals surface area contributed by atoms with Crippen LogP contribution in [0.25, 0.3) is 10.3 Å². The van der Waals surface area contributed by atoms with Gasteiger partial charge in [0.25, 0.3) is 0 Å². The number of hydrogen-bond acceptors (Lipinski definition) is 4. The van der Waals surface area contributed by atoms with Gasteiger partial charge in [0.2, 0.25) is 0 Å². The van der Waals surface area contributed by atoms with Crippen LogP contribution in [0.5, 0.6) is 5.75 Å². The second-order valence-corrected chi connectivity index (χ2v) is 3.89.